The number of hydrogen-bond acceptors (Lipinski definition) is 3. The topological polar surface area (TPSA) is 61.4 Å². The summed E-state index contributed by atoms with van der Waals surface area (Å²) in [5.74, 6) is -0.232. The number of anilines is 2. The molecule has 0 unspecified atom stereocenters. The fourth-order valence-electron chi connectivity index (χ4n) is 2.11. The summed E-state index contributed by atoms with van der Waals surface area (Å²) in [6.45, 7) is 1.97. The SMILES string of the molecule is Cc1c(Cl)cccc1NC(=O)CNc1ccc(C(=O)N(C)C)cc1. The highest BCUT2D eigenvalue weighted by Gasteiger charge is 2.09. The smallest absolute Gasteiger partial charge is 0.253 e. The fourth-order valence-corrected chi connectivity index (χ4v) is 2.28. The number of carbonyl (C=O) groups is 2. The molecule has 0 aromatic heterocycles. The molecule has 0 spiro atoms. The van der Waals surface area contributed by atoms with Crippen LogP contribution in [0.5, 0.6) is 0 Å². The monoisotopic (exact) mass is 345 g/mol. The summed E-state index contributed by atoms with van der Waals surface area (Å²) in [6, 6.07) is 12.4. The maximum Gasteiger partial charge on any atom is 0.253 e. The molecule has 0 aliphatic carbocycles. The van der Waals surface area contributed by atoms with E-state index in [-0.39, 0.29) is 18.4 Å². The zero-order chi connectivity index (χ0) is 17.7. The van der Waals surface area contributed by atoms with Crippen LogP contribution in [0, 0.1) is 6.92 Å². The van der Waals surface area contributed by atoms with Crippen LogP contribution in [0.25, 0.3) is 0 Å². The van der Waals surface area contributed by atoms with Crippen molar-refractivity contribution in [3.8, 4) is 0 Å². The first-order valence-corrected chi connectivity index (χ1v) is 7.87. The van der Waals surface area contributed by atoms with Crippen LogP contribution in [0.3, 0.4) is 0 Å². The summed E-state index contributed by atoms with van der Waals surface area (Å²) < 4.78 is 0. The zero-order valence-electron chi connectivity index (χ0n) is 13.9. The van der Waals surface area contributed by atoms with Gasteiger partial charge in [0.05, 0.1) is 6.54 Å². The van der Waals surface area contributed by atoms with Crippen LogP contribution in [-0.4, -0.2) is 37.4 Å². The number of nitrogens with zero attached hydrogens (tertiary/aromatic N) is 1. The Morgan fingerprint density at radius 2 is 1.75 bits per heavy atom. The quantitative estimate of drug-likeness (QED) is 0.873. The lowest BCUT2D eigenvalue weighted by atomic mass is 10.2. The van der Waals surface area contributed by atoms with Gasteiger partial charge in [-0.2, -0.15) is 0 Å². The van der Waals surface area contributed by atoms with Crippen molar-refractivity contribution in [1.82, 2.24) is 4.90 Å². The average Bonchev–Trinajstić information content (AvgIpc) is 2.57. The van der Waals surface area contributed by atoms with E-state index in [9.17, 15) is 9.59 Å². The molecule has 2 aromatic carbocycles. The third kappa shape index (κ3) is 4.49. The first-order valence-electron chi connectivity index (χ1n) is 7.49. The molecule has 0 saturated heterocycles. The predicted molar refractivity (Wildman–Crippen MR) is 97.8 cm³/mol. The van der Waals surface area contributed by atoms with Crippen LogP contribution in [0.4, 0.5) is 11.4 Å². The molecule has 0 aliphatic heterocycles. The molecule has 0 atom stereocenters. The fraction of sp³-hybridized carbons (Fsp3) is 0.222. The maximum atomic E-state index is 12.0. The molecule has 24 heavy (non-hydrogen) atoms. The van der Waals surface area contributed by atoms with E-state index < -0.39 is 0 Å². The third-order valence-corrected chi connectivity index (χ3v) is 3.94. The molecular formula is C18H20ClN3O2. The van der Waals surface area contributed by atoms with Crippen molar-refractivity contribution in [2.75, 3.05) is 31.3 Å². The van der Waals surface area contributed by atoms with Crippen molar-refractivity contribution in [3.63, 3.8) is 0 Å². The maximum absolute atomic E-state index is 12.0. The summed E-state index contributed by atoms with van der Waals surface area (Å²) in [4.78, 5) is 25.4. The summed E-state index contributed by atoms with van der Waals surface area (Å²) >= 11 is 6.03. The normalized spacial score (nSPS) is 10.2. The van der Waals surface area contributed by atoms with Gasteiger partial charge in [-0.1, -0.05) is 17.7 Å². The van der Waals surface area contributed by atoms with Crippen molar-refractivity contribution >= 4 is 34.8 Å². The van der Waals surface area contributed by atoms with E-state index >= 15 is 0 Å². The number of carbonyl (C=O) groups excluding carboxylic acids is 2. The van der Waals surface area contributed by atoms with Crippen molar-refractivity contribution in [3.05, 3.63) is 58.6 Å². The van der Waals surface area contributed by atoms with Crippen molar-refractivity contribution in [2.45, 2.75) is 6.92 Å². The van der Waals surface area contributed by atoms with Gasteiger partial charge in [-0.15, -0.1) is 0 Å². The van der Waals surface area contributed by atoms with Gasteiger partial charge in [0.1, 0.15) is 0 Å². The highest BCUT2D eigenvalue weighted by atomic mass is 35.5. The number of nitrogens with one attached hydrogen (secondary N) is 2. The lowest BCUT2D eigenvalue weighted by Gasteiger charge is -2.12. The van der Waals surface area contributed by atoms with E-state index in [1.807, 2.05) is 6.92 Å². The standard InChI is InChI=1S/C18H20ClN3O2/c1-12-15(19)5-4-6-16(12)21-17(23)11-20-14-9-7-13(8-10-14)18(24)22(2)3/h4-10,20H,11H2,1-3H3,(H,21,23). The van der Waals surface area contributed by atoms with Crippen LogP contribution in [0.2, 0.25) is 5.02 Å². The zero-order valence-corrected chi connectivity index (χ0v) is 14.6. The van der Waals surface area contributed by atoms with E-state index in [1.54, 1.807) is 56.6 Å². The molecule has 0 fully saturated rings. The summed E-state index contributed by atoms with van der Waals surface area (Å²) in [5.41, 5.74) is 2.90. The van der Waals surface area contributed by atoms with Crippen molar-refractivity contribution in [1.29, 1.82) is 0 Å². The molecule has 2 amide bonds. The lowest BCUT2D eigenvalue weighted by Crippen LogP contribution is -2.23. The van der Waals surface area contributed by atoms with Crippen LogP contribution in [0.15, 0.2) is 42.5 Å². The molecule has 5 nitrogen and oxygen atoms in total. The van der Waals surface area contributed by atoms with Gasteiger partial charge in [-0.3, -0.25) is 9.59 Å². The van der Waals surface area contributed by atoms with Gasteiger partial charge >= 0.3 is 0 Å². The van der Waals surface area contributed by atoms with Gasteiger partial charge < -0.3 is 15.5 Å². The van der Waals surface area contributed by atoms with E-state index in [0.717, 1.165) is 11.3 Å². The minimum absolute atomic E-state index is 0.0595. The van der Waals surface area contributed by atoms with Crippen LogP contribution < -0.4 is 10.6 Å². The molecule has 2 N–H and O–H groups in total. The van der Waals surface area contributed by atoms with Crippen LogP contribution in [-0.2, 0) is 4.79 Å². The van der Waals surface area contributed by atoms with Gasteiger partial charge in [0.2, 0.25) is 5.91 Å². The van der Waals surface area contributed by atoms with Crippen molar-refractivity contribution in [2.24, 2.45) is 0 Å². The number of hydrogen-bond donors (Lipinski definition) is 2. The number of halogens is 1. The Bertz CT molecular complexity index is 742. The Morgan fingerprint density at radius 1 is 1.08 bits per heavy atom. The van der Waals surface area contributed by atoms with Gasteiger partial charge in [0, 0.05) is 36.1 Å². The molecule has 0 aliphatic rings. The molecule has 0 saturated carbocycles. The third-order valence-electron chi connectivity index (χ3n) is 3.53. The highest BCUT2D eigenvalue weighted by molar-refractivity contribution is 6.31. The van der Waals surface area contributed by atoms with E-state index in [2.05, 4.69) is 10.6 Å². The minimum Gasteiger partial charge on any atom is -0.376 e. The number of benzene rings is 2. The molecular weight excluding hydrogens is 326 g/mol. The summed E-state index contributed by atoms with van der Waals surface area (Å²) in [5, 5.41) is 6.46. The Balaban J connectivity index is 1.92. The van der Waals surface area contributed by atoms with Gasteiger partial charge in [0.25, 0.3) is 5.91 Å². The largest absolute Gasteiger partial charge is 0.376 e. The molecule has 6 heteroatoms. The molecule has 2 rings (SSSR count). The predicted octanol–water partition coefficient (Wildman–Crippen LogP) is 3.40. The van der Waals surface area contributed by atoms with Gasteiger partial charge in [-0.25, -0.2) is 0 Å². The van der Waals surface area contributed by atoms with E-state index in [1.165, 1.54) is 4.90 Å². The highest BCUT2D eigenvalue weighted by Crippen LogP contribution is 2.22. The van der Waals surface area contributed by atoms with Gasteiger partial charge in [0.15, 0.2) is 0 Å². The van der Waals surface area contributed by atoms with E-state index in [0.29, 0.717) is 16.3 Å². The second kappa shape index (κ2) is 7.84. The molecule has 0 bridgehead atoms. The Hall–Kier alpha value is -2.53. The Kier molecular flexibility index (Phi) is 5.82. The Morgan fingerprint density at radius 3 is 2.38 bits per heavy atom. The molecule has 126 valence electrons. The van der Waals surface area contributed by atoms with Crippen molar-refractivity contribution < 1.29 is 9.59 Å². The molecule has 2 aromatic rings. The van der Waals surface area contributed by atoms with E-state index in [4.69, 9.17) is 11.6 Å². The molecule has 0 heterocycles. The molecule has 0 radical (unpaired) electrons. The summed E-state index contributed by atoms with van der Waals surface area (Å²) in [7, 11) is 3.41. The number of rotatable bonds is 5. The lowest BCUT2D eigenvalue weighted by molar-refractivity contribution is -0.114. The first kappa shape index (κ1) is 17.8. The average molecular weight is 346 g/mol. The first-order chi connectivity index (χ1) is 11.4. The Labute approximate surface area is 146 Å². The number of amides is 2. The second-order valence-electron chi connectivity index (χ2n) is 5.59. The van der Waals surface area contributed by atoms with Crippen LogP contribution in [0.1, 0.15) is 15.9 Å². The second-order valence-corrected chi connectivity index (χ2v) is 6.00. The van der Waals surface area contributed by atoms with Crippen LogP contribution >= 0.6 is 11.6 Å². The van der Waals surface area contributed by atoms with Gasteiger partial charge in [-0.05, 0) is 48.9 Å². The minimum atomic E-state index is -0.172. The summed E-state index contributed by atoms with van der Waals surface area (Å²) in [6.07, 6.45) is 0.